The van der Waals surface area contributed by atoms with Crippen LogP contribution in [0, 0.1) is 0 Å². The third-order valence-corrected chi connectivity index (χ3v) is 3.47. The van der Waals surface area contributed by atoms with Gasteiger partial charge in [-0.3, -0.25) is 16.3 Å². The second-order valence-electron chi connectivity index (χ2n) is 4.44. The fraction of sp³-hybridized carbons (Fsp3) is 0.615. The Kier molecular flexibility index (Phi) is 7.59. The van der Waals surface area contributed by atoms with Crippen molar-refractivity contribution in [1.82, 2.24) is 10.4 Å². The zero-order chi connectivity index (χ0) is 13.4. The molecule has 1 rings (SSSR count). The number of pyridine rings is 1. The molecule has 3 N–H and O–H groups in total. The molecule has 0 amide bonds. The normalized spacial score (nSPS) is 12.7. The zero-order valence-corrected chi connectivity index (χ0v) is 12.3. The maximum absolute atomic E-state index is 6.12. The molecule has 0 aliphatic rings. The molecule has 0 aliphatic heterocycles. The largest absolute Gasteiger partial charge is 0.271 e. The first-order valence-electron chi connectivity index (χ1n) is 6.46. The summed E-state index contributed by atoms with van der Waals surface area (Å²) >= 11 is 12.0. The average Bonchev–Trinajstić information content (AvgIpc) is 2.35. The van der Waals surface area contributed by atoms with Crippen LogP contribution in [0.25, 0.3) is 0 Å². The van der Waals surface area contributed by atoms with Gasteiger partial charge in [-0.2, -0.15) is 0 Å². The van der Waals surface area contributed by atoms with Gasteiger partial charge in [0.15, 0.2) is 0 Å². The number of nitrogens with two attached hydrogens (primary N) is 1. The van der Waals surface area contributed by atoms with Crippen molar-refractivity contribution < 1.29 is 0 Å². The van der Waals surface area contributed by atoms with E-state index in [0.717, 1.165) is 18.5 Å². The SMILES string of the molecule is CCCCCCCC(NN)c1ncc(Cl)cc1Cl. The fourth-order valence-electron chi connectivity index (χ4n) is 1.93. The number of hydrazine groups is 1. The number of hydrogen-bond donors (Lipinski definition) is 2. The van der Waals surface area contributed by atoms with E-state index in [0.29, 0.717) is 10.0 Å². The van der Waals surface area contributed by atoms with E-state index in [4.69, 9.17) is 29.0 Å². The number of nitrogens with zero attached hydrogens (tertiary/aromatic N) is 1. The van der Waals surface area contributed by atoms with Crippen molar-refractivity contribution in [2.75, 3.05) is 0 Å². The van der Waals surface area contributed by atoms with Crippen LogP contribution in [0.15, 0.2) is 12.3 Å². The van der Waals surface area contributed by atoms with E-state index in [1.807, 2.05) is 0 Å². The van der Waals surface area contributed by atoms with Crippen LogP contribution in [0.1, 0.15) is 57.2 Å². The summed E-state index contributed by atoms with van der Waals surface area (Å²) in [6.07, 6.45) is 8.70. The Balaban J connectivity index is 2.49. The number of nitrogens with one attached hydrogen (secondary N) is 1. The van der Waals surface area contributed by atoms with Gasteiger partial charge in [0.2, 0.25) is 0 Å². The van der Waals surface area contributed by atoms with Crippen LogP contribution in [-0.4, -0.2) is 4.98 Å². The Morgan fingerprint density at radius 3 is 2.61 bits per heavy atom. The second-order valence-corrected chi connectivity index (χ2v) is 5.29. The highest BCUT2D eigenvalue weighted by Gasteiger charge is 2.14. The molecule has 0 bridgehead atoms. The van der Waals surface area contributed by atoms with Crippen LogP contribution >= 0.6 is 23.2 Å². The number of halogens is 2. The summed E-state index contributed by atoms with van der Waals surface area (Å²) in [7, 11) is 0. The quantitative estimate of drug-likeness (QED) is 0.427. The third-order valence-electron chi connectivity index (χ3n) is 2.96. The first-order chi connectivity index (χ1) is 8.69. The number of rotatable bonds is 8. The first kappa shape index (κ1) is 15.7. The predicted octanol–water partition coefficient (Wildman–Crippen LogP) is 4.25. The minimum atomic E-state index is -0.00334. The highest BCUT2D eigenvalue weighted by molar-refractivity contribution is 6.34. The lowest BCUT2D eigenvalue weighted by Gasteiger charge is -2.16. The summed E-state index contributed by atoms with van der Waals surface area (Å²) in [5.74, 6) is 5.57. The summed E-state index contributed by atoms with van der Waals surface area (Å²) in [6.45, 7) is 2.21. The van der Waals surface area contributed by atoms with Crippen molar-refractivity contribution in [3.05, 3.63) is 28.0 Å². The maximum atomic E-state index is 6.12. The Morgan fingerprint density at radius 1 is 1.28 bits per heavy atom. The van der Waals surface area contributed by atoms with Crippen LogP contribution in [-0.2, 0) is 0 Å². The average molecular weight is 290 g/mol. The summed E-state index contributed by atoms with van der Waals surface area (Å²) in [5.41, 5.74) is 3.56. The molecule has 0 saturated carbocycles. The molecule has 1 aromatic heterocycles. The highest BCUT2D eigenvalue weighted by Crippen LogP contribution is 2.26. The standard InChI is InChI=1S/C13H21Cl2N3/c1-2-3-4-5-6-7-12(18-16)13-11(15)8-10(14)9-17-13/h8-9,12,18H,2-7,16H2,1H3. The third kappa shape index (κ3) is 5.11. The van der Waals surface area contributed by atoms with Gasteiger partial charge in [-0.15, -0.1) is 0 Å². The van der Waals surface area contributed by atoms with Crippen LogP contribution in [0.5, 0.6) is 0 Å². The lowest BCUT2D eigenvalue weighted by molar-refractivity contribution is 0.470. The predicted molar refractivity (Wildman–Crippen MR) is 77.7 cm³/mol. The van der Waals surface area contributed by atoms with Crippen molar-refractivity contribution in [3.8, 4) is 0 Å². The Labute approximate surface area is 119 Å². The minimum absolute atomic E-state index is 0.00334. The van der Waals surface area contributed by atoms with Crippen molar-refractivity contribution in [2.45, 2.75) is 51.5 Å². The molecule has 1 heterocycles. The molecule has 0 aromatic carbocycles. The van der Waals surface area contributed by atoms with Gasteiger partial charge in [-0.25, -0.2) is 0 Å². The number of aromatic nitrogens is 1. The van der Waals surface area contributed by atoms with Crippen LogP contribution in [0.2, 0.25) is 10.0 Å². The van der Waals surface area contributed by atoms with E-state index in [1.54, 1.807) is 12.3 Å². The monoisotopic (exact) mass is 289 g/mol. The Hall–Kier alpha value is -0.350. The summed E-state index contributed by atoms with van der Waals surface area (Å²) in [6, 6.07) is 1.70. The lowest BCUT2D eigenvalue weighted by Crippen LogP contribution is -2.28. The van der Waals surface area contributed by atoms with Gasteiger partial charge >= 0.3 is 0 Å². The molecule has 1 atom stereocenters. The molecule has 102 valence electrons. The lowest BCUT2D eigenvalue weighted by atomic mass is 10.0. The molecule has 18 heavy (non-hydrogen) atoms. The van der Waals surface area contributed by atoms with E-state index in [1.165, 1.54) is 25.7 Å². The van der Waals surface area contributed by atoms with Gasteiger partial charge in [0.1, 0.15) is 0 Å². The summed E-state index contributed by atoms with van der Waals surface area (Å²) in [5, 5.41) is 1.11. The molecular formula is C13H21Cl2N3. The molecule has 0 fully saturated rings. The van der Waals surface area contributed by atoms with E-state index < -0.39 is 0 Å². The molecule has 0 spiro atoms. The van der Waals surface area contributed by atoms with E-state index in [2.05, 4.69) is 17.3 Å². The van der Waals surface area contributed by atoms with Crippen LogP contribution in [0.4, 0.5) is 0 Å². The van der Waals surface area contributed by atoms with Crippen molar-refractivity contribution in [1.29, 1.82) is 0 Å². The van der Waals surface area contributed by atoms with E-state index >= 15 is 0 Å². The van der Waals surface area contributed by atoms with Crippen LogP contribution in [0.3, 0.4) is 0 Å². The van der Waals surface area contributed by atoms with Gasteiger partial charge in [0, 0.05) is 6.20 Å². The zero-order valence-electron chi connectivity index (χ0n) is 10.8. The minimum Gasteiger partial charge on any atom is -0.271 e. The number of unbranched alkanes of at least 4 members (excludes halogenated alkanes) is 4. The van der Waals surface area contributed by atoms with Crippen molar-refractivity contribution >= 4 is 23.2 Å². The van der Waals surface area contributed by atoms with E-state index in [9.17, 15) is 0 Å². The van der Waals surface area contributed by atoms with E-state index in [-0.39, 0.29) is 6.04 Å². The number of hydrogen-bond acceptors (Lipinski definition) is 3. The molecule has 1 unspecified atom stereocenters. The first-order valence-corrected chi connectivity index (χ1v) is 7.21. The molecule has 0 saturated heterocycles. The highest BCUT2D eigenvalue weighted by atomic mass is 35.5. The molecule has 0 aliphatic carbocycles. The summed E-state index contributed by atoms with van der Waals surface area (Å²) < 4.78 is 0. The molecule has 5 heteroatoms. The molecule has 1 aromatic rings. The fourth-order valence-corrected chi connectivity index (χ4v) is 2.44. The second kappa shape index (κ2) is 8.70. The van der Waals surface area contributed by atoms with Crippen molar-refractivity contribution in [2.24, 2.45) is 5.84 Å². The Morgan fingerprint density at radius 2 is 2.00 bits per heavy atom. The summed E-state index contributed by atoms with van der Waals surface area (Å²) in [4.78, 5) is 4.26. The van der Waals surface area contributed by atoms with Gasteiger partial charge in [0.25, 0.3) is 0 Å². The van der Waals surface area contributed by atoms with Crippen LogP contribution < -0.4 is 11.3 Å². The smallest absolute Gasteiger partial charge is 0.0773 e. The van der Waals surface area contributed by atoms with Gasteiger partial charge in [0.05, 0.1) is 21.8 Å². The van der Waals surface area contributed by atoms with Gasteiger partial charge < -0.3 is 0 Å². The Bertz CT molecular complexity index is 358. The molecular weight excluding hydrogens is 269 g/mol. The maximum Gasteiger partial charge on any atom is 0.0773 e. The van der Waals surface area contributed by atoms with Gasteiger partial charge in [-0.05, 0) is 12.5 Å². The molecule has 3 nitrogen and oxygen atoms in total. The topological polar surface area (TPSA) is 50.9 Å². The molecule has 0 radical (unpaired) electrons. The van der Waals surface area contributed by atoms with Crippen molar-refractivity contribution in [3.63, 3.8) is 0 Å². The van der Waals surface area contributed by atoms with Gasteiger partial charge in [-0.1, -0.05) is 62.2 Å².